The third-order valence-corrected chi connectivity index (χ3v) is 2.18. The Bertz CT molecular complexity index is 548. The molecule has 1 aromatic heterocycles. The molecule has 2 rings (SSSR count). The van der Waals surface area contributed by atoms with E-state index in [-0.39, 0.29) is 17.8 Å². The molecular formula is C11H9F2NO2. The lowest BCUT2D eigenvalue weighted by atomic mass is 10.2. The molecular weight excluding hydrogens is 216 g/mol. The fourth-order valence-corrected chi connectivity index (χ4v) is 1.46. The van der Waals surface area contributed by atoms with Crippen molar-refractivity contribution in [3.63, 3.8) is 0 Å². The number of H-pyrrole nitrogens is 1. The second-order valence-corrected chi connectivity index (χ2v) is 3.23. The van der Waals surface area contributed by atoms with Crippen LogP contribution in [0.1, 0.15) is 17.4 Å². The lowest BCUT2D eigenvalue weighted by Crippen LogP contribution is -2.04. The second-order valence-electron chi connectivity index (χ2n) is 3.23. The molecule has 0 aliphatic carbocycles. The van der Waals surface area contributed by atoms with Gasteiger partial charge in [-0.1, -0.05) is 0 Å². The van der Waals surface area contributed by atoms with Crippen LogP contribution in [0.5, 0.6) is 0 Å². The third-order valence-electron chi connectivity index (χ3n) is 2.18. The van der Waals surface area contributed by atoms with Gasteiger partial charge >= 0.3 is 5.97 Å². The molecule has 0 radical (unpaired) electrons. The summed E-state index contributed by atoms with van der Waals surface area (Å²) in [4.78, 5) is 13.8. The maximum absolute atomic E-state index is 13.3. The molecule has 1 aromatic carbocycles. The molecule has 1 heterocycles. The number of ether oxygens (including phenoxy) is 1. The summed E-state index contributed by atoms with van der Waals surface area (Å²) in [6, 6.07) is 3.84. The van der Waals surface area contributed by atoms with Gasteiger partial charge in [-0.2, -0.15) is 0 Å². The maximum atomic E-state index is 13.3. The van der Waals surface area contributed by atoms with Crippen molar-refractivity contribution < 1.29 is 18.3 Å². The predicted octanol–water partition coefficient (Wildman–Crippen LogP) is 2.62. The van der Waals surface area contributed by atoms with Crippen LogP contribution in [0.4, 0.5) is 8.78 Å². The van der Waals surface area contributed by atoms with Crippen LogP contribution in [0.2, 0.25) is 0 Å². The van der Waals surface area contributed by atoms with Crippen molar-refractivity contribution in [1.29, 1.82) is 0 Å². The van der Waals surface area contributed by atoms with Crippen LogP contribution in [0.25, 0.3) is 10.9 Å². The quantitative estimate of drug-likeness (QED) is 0.798. The second kappa shape index (κ2) is 3.92. The Morgan fingerprint density at radius 1 is 1.44 bits per heavy atom. The van der Waals surface area contributed by atoms with E-state index in [1.807, 2.05) is 0 Å². The van der Waals surface area contributed by atoms with Crippen molar-refractivity contribution in [1.82, 2.24) is 4.98 Å². The smallest absolute Gasteiger partial charge is 0.354 e. The highest BCUT2D eigenvalue weighted by atomic mass is 19.2. The topological polar surface area (TPSA) is 42.1 Å². The minimum Gasteiger partial charge on any atom is -0.461 e. The van der Waals surface area contributed by atoms with Crippen LogP contribution in [-0.2, 0) is 4.74 Å². The molecule has 0 saturated carbocycles. The number of aromatic nitrogens is 1. The zero-order chi connectivity index (χ0) is 11.7. The number of aromatic amines is 1. The normalized spacial score (nSPS) is 10.7. The highest BCUT2D eigenvalue weighted by Crippen LogP contribution is 2.21. The number of nitrogens with one attached hydrogen (secondary N) is 1. The lowest BCUT2D eigenvalue weighted by molar-refractivity contribution is 0.0520. The van der Waals surface area contributed by atoms with E-state index in [1.54, 1.807) is 6.92 Å². The zero-order valence-electron chi connectivity index (χ0n) is 8.51. The molecule has 3 nitrogen and oxygen atoms in total. The Kier molecular flexibility index (Phi) is 2.60. The van der Waals surface area contributed by atoms with E-state index in [0.29, 0.717) is 5.39 Å². The fourth-order valence-electron chi connectivity index (χ4n) is 1.46. The number of benzene rings is 1. The molecule has 0 spiro atoms. The van der Waals surface area contributed by atoms with E-state index in [1.165, 1.54) is 12.1 Å². The first-order valence-electron chi connectivity index (χ1n) is 4.77. The van der Waals surface area contributed by atoms with Gasteiger partial charge in [0.2, 0.25) is 0 Å². The molecule has 0 amide bonds. The van der Waals surface area contributed by atoms with E-state index >= 15 is 0 Å². The van der Waals surface area contributed by atoms with E-state index in [4.69, 9.17) is 4.74 Å². The Labute approximate surface area is 90.0 Å². The summed E-state index contributed by atoms with van der Waals surface area (Å²) >= 11 is 0. The van der Waals surface area contributed by atoms with Crippen LogP contribution in [0.15, 0.2) is 18.2 Å². The molecule has 0 saturated heterocycles. The largest absolute Gasteiger partial charge is 0.461 e. The number of carbonyl (C=O) groups is 1. The fraction of sp³-hybridized carbons (Fsp3) is 0.182. The summed E-state index contributed by atoms with van der Waals surface area (Å²) in [5, 5.41) is 0.432. The molecule has 0 aliphatic heterocycles. The van der Waals surface area contributed by atoms with Crippen molar-refractivity contribution in [2.24, 2.45) is 0 Å². The van der Waals surface area contributed by atoms with Gasteiger partial charge in [0.15, 0.2) is 11.6 Å². The van der Waals surface area contributed by atoms with Gasteiger partial charge in [0, 0.05) is 5.39 Å². The van der Waals surface area contributed by atoms with Gasteiger partial charge in [0.05, 0.1) is 12.1 Å². The highest BCUT2D eigenvalue weighted by Gasteiger charge is 2.14. The first-order chi connectivity index (χ1) is 7.63. The number of hydrogen-bond acceptors (Lipinski definition) is 2. The Morgan fingerprint density at radius 3 is 2.88 bits per heavy atom. The molecule has 0 aliphatic rings. The standard InChI is InChI=1S/C11H9F2NO2/c1-2-16-11(15)8-5-6-3-4-7(12)9(13)10(6)14-8/h3-5,14H,2H2,1H3. The van der Waals surface area contributed by atoms with E-state index < -0.39 is 17.6 Å². The van der Waals surface area contributed by atoms with Gasteiger partial charge in [0.1, 0.15) is 5.69 Å². The van der Waals surface area contributed by atoms with E-state index in [9.17, 15) is 13.6 Å². The summed E-state index contributed by atoms with van der Waals surface area (Å²) in [5.74, 6) is -2.53. The third kappa shape index (κ3) is 1.64. The number of rotatable bonds is 2. The highest BCUT2D eigenvalue weighted by molar-refractivity contribution is 5.94. The molecule has 5 heteroatoms. The SMILES string of the molecule is CCOC(=O)c1cc2ccc(F)c(F)c2[nH]1. The number of fused-ring (bicyclic) bond motifs is 1. The first kappa shape index (κ1) is 10.6. The number of carbonyl (C=O) groups excluding carboxylic acids is 1. The minimum atomic E-state index is -0.993. The van der Waals surface area contributed by atoms with Crippen LogP contribution in [-0.4, -0.2) is 17.6 Å². The molecule has 16 heavy (non-hydrogen) atoms. The van der Waals surface area contributed by atoms with Crippen molar-refractivity contribution >= 4 is 16.9 Å². The van der Waals surface area contributed by atoms with Gasteiger partial charge in [-0.15, -0.1) is 0 Å². The monoisotopic (exact) mass is 225 g/mol. The molecule has 0 atom stereocenters. The van der Waals surface area contributed by atoms with E-state index in [0.717, 1.165) is 6.07 Å². The van der Waals surface area contributed by atoms with Gasteiger partial charge in [-0.3, -0.25) is 0 Å². The average molecular weight is 225 g/mol. The van der Waals surface area contributed by atoms with Crippen LogP contribution in [0.3, 0.4) is 0 Å². The minimum absolute atomic E-state index is 0.0250. The Morgan fingerprint density at radius 2 is 2.19 bits per heavy atom. The van der Waals surface area contributed by atoms with Crippen molar-refractivity contribution in [3.05, 3.63) is 35.5 Å². The van der Waals surface area contributed by atoms with Crippen molar-refractivity contribution in [3.8, 4) is 0 Å². The molecule has 0 unspecified atom stereocenters. The molecule has 0 fully saturated rings. The summed E-state index contributed by atoms with van der Waals surface area (Å²) < 4.78 is 30.9. The van der Waals surface area contributed by atoms with Gasteiger partial charge in [0.25, 0.3) is 0 Å². The molecule has 1 N–H and O–H groups in total. The number of halogens is 2. The summed E-state index contributed by atoms with van der Waals surface area (Å²) in [6.45, 7) is 1.89. The van der Waals surface area contributed by atoms with Crippen molar-refractivity contribution in [2.45, 2.75) is 6.92 Å². The van der Waals surface area contributed by atoms with Crippen molar-refractivity contribution in [2.75, 3.05) is 6.61 Å². The Balaban J connectivity index is 2.52. The zero-order valence-corrected chi connectivity index (χ0v) is 8.51. The number of esters is 1. The van der Waals surface area contributed by atoms with Crippen LogP contribution < -0.4 is 0 Å². The van der Waals surface area contributed by atoms with Gasteiger partial charge in [-0.05, 0) is 25.1 Å². The van der Waals surface area contributed by atoms with Gasteiger partial charge < -0.3 is 9.72 Å². The average Bonchev–Trinajstić information content (AvgIpc) is 2.69. The molecule has 2 aromatic rings. The maximum Gasteiger partial charge on any atom is 0.354 e. The van der Waals surface area contributed by atoms with E-state index in [2.05, 4.69) is 4.98 Å². The molecule has 0 bridgehead atoms. The lowest BCUT2D eigenvalue weighted by Gasteiger charge is -1.97. The van der Waals surface area contributed by atoms with Crippen LogP contribution in [0, 0.1) is 11.6 Å². The van der Waals surface area contributed by atoms with Gasteiger partial charge in [-0.25, -0.2) is 13.6 Å². The predicted molar refractivity (Wildman–Crippen MR) is 54.2 cm³/mol. The number of hydrogen-bond donors (Lipinski definition) is 1. The van der Waals surface area contributed by atoms with Crippen LogP contribution >= 0.6 is 0 Å². The Hall–Kier alpha value is -1.91. The summed E-state index contributed by atoms with van der Waals surface area (Å²) in [7, 11) is 0. The molecule has 84 valence electrons. The summed E-state index contributed by atoms with van der Waals surface area (Å²) in [5.41, 5.74) is 0.0874. The summed E-state index contributed by atoms with van der Waals surface area (Å²) in [6.07, 6.45) is 0. The first-order valence-corrected chi connectivity index (χ1v) is 4.77.